The number of anilines is 1. The van der Waals surface area contributed by atoms with Crippen LogP contribution in [0.1, 0.15) is 62.1 Å². The van der Waals surface area contributed by atoms with E-state index < -0.39 is 0 Å². The summed E-state index contributed by atoms with van der Waals surface area (Å²) in [5.74, 6) is 1.29. The van der Waals surface area contributed by atoms with Gasteiger partial charge in [-0.05, 0) is 78.1 Å². The molecule has 36 heavy (non-hydrogen) atoms. The summed E-state index contributed by atoms with van der Waals surface area (Å²) in [5.41, 5.74) is 7.67. The van der Waals surface area contributed by atoms with Crippen LogP contribution in [0.15, 0.2) is 54.1 Å². The van der Waals surface area contributed by atoms with Crippen LogP contribution in [0.25, 0.3) is 16.5 Å². The molecule has 5 heteroatoms. The van der Waals surface area contributed by atoms with Gasteiger partial charge in [-0.25, -0.2) is 0 Å². The Morgan fingerprint density at radius 3 is 2.56 bits per heavy atom. The van der Waals surface area contributed by atoms with E-state index in [4.69, 9.17) is 4.74 Å². The van der Waals surface area contributed by atoms with E-state index >= 15 is 0 Å². The van der Waals surface area contributed by atoms with E-state index in [1.54, 1.807) is 13.2 Å². The van der Waals surface area contributed by atoms with Crippen molar-refractivity contribution in [2.75, 3.05) is 25.5 Å². The smallest absolute Gasteiger partial charge is 0.126 e. The highest BCUT2D eigenvalue weighted by Gasteiger charge is 2.40. The number of likely N-dealkylation sites (tertiary alicyclic amines) is 1. The van der Waals surface area contributed by atoms with Crippen LogP contribution in [0.4, 0.5) is 5.69 Å². The number of fused-ring (bicyclic) bond motifs is 2. The number of allylic oxidation sites excluding steroid dienone is 1. The maximum atomic E-state index is 10.1. The Bertz CT molecular complexity index is 1310. The molecule has 0 atom stereocenters. The summed E-state index contributed by atoms with van der Waals surface area (Å²) in [6.45, 7) is 5.27. The molecule has 3 aromatic rings. The predicted molar refractivity (Wildman–Crippen MR) is 147 cm³/mol. The van der Waals surface area contributed by atoms with E-state index in [2.05, 4.69) is 52.8 Å². The van der Waals surface area contributed by atoms with Gasteiger partial charge in [-0.2, -0.15) is 0 Å². The molecule has 6 rings (SSSR count). The van der Waals surface area contributed by atoms with Crippen molar-refractivity contribution in [3.63, 3.8) is 0 Å². The topological polar surface area (TPSA) is 56.8 Å². The Kier molecular flexibility index (Phi) is 6.04. The van der Waals surface area contributed by atoms with Gasteiger partial charge in [0, 0.05) is 54.8 Å². The molecule has 1 saturated carbocycles. The third kappa shape index (κ3) is 4.20. The zero-order chi connectivity index (χ0) is 24.7. The SMILES string of the molecule is CCCc1cc(CN2CCC3(CC2)NC(=C2CCC2)c2cc(O)ccc2N3)cc2c(OC)cccc12. The van der Waals surface area contributed by atoms with Crippen LogP contribution in [0.3, 0.4) is 0 Å². The van der Waals surface area contributed by atoms with Crippen LogP contribution in [-0.2, 0) is 13.0 Å². The molecule has 188 valence electrons. The van der Waals surface area contributed by atoms with E-state index in [1.165, 1.54) is 39.6 Å². The highest BCUT2D eigenvalue weighted by atomic mass is 16.5. The van der Waals surface area contributed by atoms with E-state index in [0.29, 0.717) is 5.75 Å². The first-order valence-electron chi connectivity index (χ1n) is 13.5. The van der Waals surface area contributed by atoms with Crippen LogP contribution in [-0.4, -0.2) is 35.9 Å². The highest BCUT2D eigenvalue weighted by molar-refractivity contribution is 5.91. The number of piperidine rings is 1. The van der Waals surface area contributed by atoms with Gasteiger partial charge in [0.15, 0.2) is 0 Å². The Hall–Kier alpha value is -3.18. The van der Waals surface area contributed by atoms with Gasteiger partial charge in [0.2, 0.25) is 0 Å². The second-order valence-electron chi connectivity index (χ2n) is 10.7. The summed E-state index contributed by atoms with van der Waals surface area (Å²) in [6.07, 6.45) is 7.86. The van der Waals surface area contributed by atoms with Crippen LogP contribution >= 0.6 is 0 Å². The molecule has 0 radical (unpaired) electrons. The summed E-state index contributed by atoms with van der Waals surface area (Å²) >= 11 is 0. The molecule has 5 nitrogen and oxygen atoms in total. The quantitative estimate of drug-likeness (QED) is 0.366. The van der Waals surface area contributed by atoms with Crippen molar-refractivity contribution < 1.29 is 9.84 Å². The Balaban J connectivity index is 1.22. The van der Waals surface area contributed by atoms with Crippen LogP contribution < -0.4 is 15.4 Å². The number of hydrogen-bond donors (Lipinski definition) is 3. The molecule has 3 aliphatic rings. The van der Waals surface area contributed by atoms with Gasteiger partial charge in [0.1, 0.15) is 17.2 Å². The van der Waals surface area contributed by atoms with E-state index in [-0.39, 0.29) is 5.66 Å². The van der Waals surface area contributed by atoms with Crippen molar-refractivity contribution >= 4 is 22.2 Å². The Morgan fingerprint density at radius 1 is 1.00 bits per heavy atom. The summed E-state index contributed by atoms with van der Waals surface area (Å²) in [7, 11) is 1.77. The lowest BCUT2D eigenvalue weighted by Crippen LogP contribution is -2.59. The average Bonchev–Trinajstić information content (AvgIpc) is 2.85. The number of phenolic OH excluding ortho intramolecular Hbond substituents is 1. The lowest BCUT2D eigenvalue weighted by molar-refractivity contribution is 0.155. The van der Waals surface area contributed by atoms with Crippen molar-refractivity contribution in [2.45, 2.75) is 64.1 Å². The molecule has 3 N–H and O–H groups in total. The fraction of sp³-hybridized carbons (Fsp3) is 0.419. The number of benzene rings is 3. The average molecular weight is 484 g/mol. The Labute approximate surface area is 214 Å². The molecule has 0 amide bonds. The van der Waals surface area contributed by atoms with Crippen molar-refractivity contribution in [2.24, 2.45) is 0 Å². The van der Waals surface area contributed by atoms with Crippen LogP contribution in [0, 0.1) is 0 Å². The number of aryl methyl sites for hydroxylation is 1. The largest absolute Gasteiger partial charge is 0.508 e. The number of nitrogens with zero attached hydrogens (tertiary/aromatic N) is 1. The van der Waals surface area contributed by atoms with Crippen molar-refractivity contribution in [1.29, 1.82) is 0 Å². The van der Waals surface area contributed by atoms with E-state index in [9.17, 15) is 5.11 Å². The van der Waals surface area contributed by atoms with Gasteiger partial charge in [0.05, 0.1) is 7.11 Å². The fourth-order valence-corrected chi connectivity index (χ4v) is 6.17. The zero-order valence-electron chi connectivity index (χ0n) is 21.5. The molecule has 0 aromatic heterocycles. The second-order valence-corrected chi connectivity index (χ2v) is 10.7. The monoisotopic (exact) mass is 483 g/mol. The summed E-state index contributed by atoms with van der Waals surface area (Å²) in [4.78, 5) is 2.59. The third-order valence-corrected chi connectivity index (χ3v) is 8.28. The first kappa shape index (κ1) is 23.2. The van der Waals surface area contributed by atoms with Crippen molar-refractivity contribution in [3.8, 4) is 11.5 Å². The number of hydrogen-bond acceptors (Lipinski definition) is 5. The standard InChI is InChI=1S/C31H37N3O2/c1-3-6-23-17-21(18-26-25(23)9-5-10-29(26)36-2)20-34-15-13-31(14-16-34)32-28-12-11-24(35)19-27(28)30(33-31)22-7-4-8-22/h5,9-12,17-19,32-33,35H,3-4,6-8,13-16,20H2,1-2H3. The predicted octanol–water partition coefficient (Wildman–Crippen LogP) is 6.41. The third-order valence-electron chi connectivity index (χ3n) is 8.28. The van der Waals surface area contributed by atoms with Gasteiger partial charge >= 0.3 is 0 Å². The van der Waals surface area contributed by atoms with Gasteiger partial charge in [-0.3, -0.25) is 4.90 Å². The molecular formula is C31H37N3O2. The number of rotatable bonds is 5. The van der Waals surface area contributed by atoms with Crippen LogP contribution in [0.2, 0.25) is 0 Å². The van der Waals surface area contributed by atoms with Crippen LogP contribution in [0.5, 0.6) is 11.5 Å². The van der Waals surface area contributed by atoms with Gasteiger partial charge < -0.3 is 20.5 Å². The van der Waals surface area contributed by atoms with Crippen molar-refractivity contribution in [3.05, 3.63) is 70.8 Å². The minimum absolute atomic E-state index is 0.127. The first-order chi connectivity index (χ1) is 17.6. The van der Waals surface area contributed by atoms with E-state index in [0.717, 1.165) is 75.2 Å². The Morgan fingerprint density at radius 2 is 1.83 bits per heavy atom. The number of phenols is 1. The normalized spacial score (nSPS) is 18.9. The van der Waals surface area contributed by atoms with Crippen molar-refractivity contribution in [1.82, 2.24) is 10.2 Å². The molecule has 3 aromatic carbocycles. The maximum absolute atomic E-state index is 10.1. The fourth-order valence-electron chi connectivity index (χ4n) is 6.17. The minimum atomic E-state index is -0.127. The summed E-state index contributed by atoms with van der Waals surface area (Å²) < 4.78 is 5.71. The molecule has 2 heterocycles. The maximum Gasteiger partial charge on any atom is 0.126 e. The summed E-state index contributed by atoms with van der Waals surface area (Å²) in [5, 5.41) is 20.4. The highest BCUT2D eigenvalue weighted by Crippen LogP contribution is 2.43. The number of methoxy groups -OCH3 is 1. The molecule has 2 fully saturated rings. The molecule has 1 spiro atoms. The lowest BCUT2D eigenvalue weighted by Gasteiger charge is -2.48. The minimum Gasteiger partial charge on any atom is -0.508 e. The molecular weight excluding hydrogens is 446 g/mol. The number of ether oxygens (including phenoxy) is 1. The second kappa shape index (κ2) is 9.36. The lowest BCUT2D eigenvalue weighted by atomic mass is 9.84. The molecule has 1 aliphatic carbocycles. The molecule has 0 bridgehead atoms. The summed E-state index contributed by atoms with van der Waals surface area (Å²) in [6, 6.07) is 16.9. The zero-order valence-corrected chi connectivity index (χ0v) is 21.5. The number of aromatic hydroxyl groups is 1. The number of nitrogens with one attached hydrogen (secondary N) is 2. The molecule has 1 saturated heterocycles. The van der Waals surface area contributed by atoms with Gasteiger partial charge in [0.25, 0.3) is 0 Å². The first-order valence-corrected chi connectivity index (χ1v) is 13.5. The molecule has 2 aliphatic heterocycles. The van der Waals surface area contributed by atoms with Gasteiger partial charge in [-0.1, -0.05) is 31.5 Å². The van der Waals surface area contributed by atoms with E-state index in [1.807, 2.05) is 12.1 Å². The molecule has 0 unspecified atom stereocenters. The van der Waals surface area contributed by atoms with Gasteiger partial charge in [-0.15, -0.1) is 0 Å².